The molecule has 3 nitrogen and oxygen atoms in total. The lowest BCUT2D eigenvalue weighted by Gasteiger charge is -2.29. The number of aliphatic carboxylic acids is 1. The predicted octanol–water partition coefficient (Wildman–Crippen LogP) is 5.92. The van der Waals surface area contributed by atoms with E-state index in [0.29, 0.717) is 0 Å². The Morgan fingerprint density at radius 1 is 0.739 bits per heavy atom. The molecular formula is C20H41NO2. The van der Waals surface area contributed by atoms with Gasteiger partial charge in [-0.25, -0.2) is 0 Å². The third kappa shape index (κ3) is 10.8. The van der Waals surface area contributed by atoms with E-state index in [1.807, 2.05) is 7.05 Å². The van der Waals surface area contributed by atoms with E-state index in [-0.39, 0.29) is 0 Å². The number of carboxylic acids is 1. The number of nitrogens with one attached hydrogen (secondary N) is 1. The fourth-order valence-electron chi connectivity index (χ4n) is 3.29. The highest BCUT2D eigenvalue weighted by Gasteiger charge is 2.35. The molecule has 0 aliphatic rings. The normalized spacial score (nSPS) is 13.9. The number of carbonyl (C=O) groups is 1. The maximum Gasteiger partial charge on any atom is 0.323 e. The molecule has 0 radical (unpaired) electrons. The summed E-state index contributed by atoms with van der Waals surface area (Å²) in [5.41, 5.74) is -0.700. The van der Waals surface area contributed by atoms with E-state index in [1.165, 1.54) is 64.2 Å². The van der Waals surface area contributed by atoms with E-state index in [2.05, 4.69) is 19.2 Å². The van der Waals surface area contributed by atoms with Crippen molar-refractivity contribution >= 4 is 5.97 Å². The molecule has 0 saturated carbocycles. The third-order valence-electron chi connectivity index (χ3n) is 5.05. The van der Waals surface area contributed by atoms with Crippen LogP contribution in [0.4, 0.5) is 0 Å². The monoisotopic (exact) mass is 327 g/mol. The molecule has 0 aliphatic heterocycles. The minimum Gasteiger partial charge on any atom is -0.480 e. The standard InChI is InChI=1S/C20H41NO2/c1-4-6-8-10-11-12-14-16-18-20(21-3,19(22)23)17-15-13-9-7-5-2/h21H,4-18H2,1-3H3,(H,22,23). The number of rotatable bonds is 17. The Kier molecular flexibility index (Phi) is 14.6. The Morgan fingerprint density at radius 3 is 1.39 bits per heavy atom. The zero-order chi connectivity index (χ0) is 17.4. The van der Waals surface area contributed by atoms with Gasteiger partial charge in [0.25, 0.3) is 0 Å². The van der Waals surface area contributed by atoms with Crippen molar-refractivity contribution in [2.24, 2.45) is 0 Å². The maximum atomic E-state index is 11.7. The van der Waals surface area contributed by atoms with Gasteiger partial charge in [-0.1, -0.05) is 97.3 Å². The summed E-state index contributed by atoms with van der Waals surface area (Å²) in [5, 5.41) is 12.8. The van der Waals surface area contributed by atoms with Crippen molar-refractivity contribution in [3.8, 4) is 0 Å². The lowest BCUT2D eigenvalue weighted by Crippen LogP contribution is -2.50. The quantitative estimate of drug-likeness (QED) is 0.326. The van der Waals surface area contributed by atoms with Crippen LogP contribution in [-0.4, -0.2) is 23.7 Å². The topological polar surface area (TPSA) is 49.3 Å². The minimum absolute atomic E-state index is 0.668. The van der Waals surface area contributed by atoms with Gasteiger partial charge in [0, 0.05) is 0 Å². The smallest absolute Gasteiger partial charge is 0.323 e. The molecule has 0 aliphatic carbocycles. The van der Waals surface area contributed by atoms with E-state index in [4.69, 9.17) is 0 Å². The Balaban J connectivity index is 3.97. The van der Waals surface area contributed by atoms with Crippen LogP contribution in [0.3, 0.4) is 0 Å². The molecule has 1 unspecified atom stereocenters. The molecule has 2 N–H and O–H groups in total. The summed E-state index contributed by atoms with van der Waals surface area (Å²) in [6.07, 6.45) is 17.5. The molecule has 0 saturated heterocycles. The largest absolute Gasteiger partial charge is 0.480 e. The zero-order valence-electron chi connectivity index (χ0n) is 16.0. The highest BCUT2D eigenvalue weighted by atomic mass is 16.4. The van der Waals surface area contributed by atoms with Crippen LogP contribution in [0.2, 0.25) is 0 Å². The van der Waals surface area contributed by atoms with Crippen molar-refractivity contribution in [1.82, 2.24) is 5.32 Å². The van der Waals surface area contributed by atoms with Crippen molar-refractivity contribution in [2.75, 3.05) is 7.05 Å². The van der Waals surface area contributed by atoms with Crippen molar-refractivity contribution in [1.29, 1.82) is 0 Å². The van der Waals surface area contributed by atoms with Gasteiger partial charge >= 0.3 is 5.97 Å². The van der Waals surface area contributed by atoms with E-state index < -0.39 is 11.5 Å². The summed E-state index contributed by atoms with van der Waals surface area (Å²) in [5.74, 6) is -0.668. The van der Waals surface area contributed by atoms with Gasteiger partial charge in [-0.3, -0.25) is 4.79 Å². The van der Waals surface area contributed by atoms with Crippen molar-refractivity contribution in [3.63, 3.8) is 0 Å². The Bertz CT molecular complexity index is 281. The number of unbranched alkanes of at least 4 members (excludes halogenated alkanes) is 11. The van der Waals surface area contributed by atoms with Crippen LogP contribution in [-0.2, 0) is 4.79 Å². The number of carboxylic acid groups (broad SMARTS) is 1. The van der Waals surface area contributed by atoms with Gasteiger partial charge in [0.2, 0.25) is 0 Å². The predicted molar refractivity (Wildman–Crippen MR) is 100 cm³/mol. The molecule has 0 aromatic rings. The first-order valence-electron chi connectivity index (χ1n) is 10.0. The molecule has 0 rings (SSSR count). The van der Waals surface area contributed by atoms with E-state index in [9.17, 15) is 9.90 Å². The van der Waals surface area contributed by atoms with Crippen LogP contribution >= 0.6 is 0 Å². The number of hydrogen-bond acceptors (Lipinski definition) is 2. The fraction of sp³-hybridized carbons (Fsp3) is 0.950. The minimum atomic E-state index is -0.700. The van der Waals surface area contributed by atoms with Crippen molar-refractivity contribution in [2.45, 2.75) is 116 Å². The first-order chi connectivity index (χ1) is 11.1. The maximum absolute atomic E-state index is 11.7. The van der Waals surface area contributed by atoms with Crippen LogP contribution in [0.25, 0.3) is 0 Å². The van der Waals surface area contributed by atoms with Crippen LogP contribution in [0.15, 0.2) is 0 Å². The van der Waals surface area contributed by atoms with Gasteiger partial charge in [-0.2, -0.15) is 0 Å². The molecule has 0 amide bonds. The van der Waals surface area contributed by atoms with Crippen LogP contribution in [0.1, 0.15) is 110 Å². The Morgan fingerprint density at radius 2 is 1.09 bits per heavy atom. The van der Waals surface area contributed by atoms with Gasteiger partial charge in [-0.05, 0) is 19.9 Å². The summed E-state index contributed by atoms with van der Waals surface area (Å²) in [6, 6.07) is 0. The molecular weight excluding hydrogens is 286 g/mol. The Labute approximate surface area is 144 Å². The highest BCUT2D eigenvalue weighted by Crippen LogP contribution is 2.23. The van der Waals surface area contributed by atoms with E-state index in [1.54, 1.807) is 0 Å². The molecule has 138 valence electrons. The van der Waals surface area contributed by atoms with Gasteiger partial charge < -0.3 is 10.4 Å². The number of hydrogen-bond donors (Lipinski definition) is 2. The van der Waals surface area contributed by atoms with Gasteiger partial charge in [0.05, 0.1) is 0 Å². The summed E-state index contributed by atoms with van der Waals surface area (Å²) in [6.45, 7) is 4.45. The molecule has 1 atom stereocenters. The van der Waals surface area contributed by atoms with Gasteiger partial charge in [0.1, 0.15) is 5.54 Å². The Hall–Kier alpha value is -0.570. The van der Waals surface area contributed by atoms with Crippen molar-refractivity contribution < 1.29 is 9.90 Å². The molecule has 23 heavy (non-hydrogen) atoms. The summed E-state index contributed by atoms with van der Waals surface area (Å²) < 4.78 is 0. The molecule has 0 fully saturated rings. The zero-order valence-corrected chi connectivity index (χ0v) is 16.0. The van der Waals surface area contributed by atoms with Gasteiger partial charge in [-0.15, -0.1) is 0 Å². The lowest BCUT2D eigenvalue weighted by atomic mass is 9.86. The molecule has 0 spiro atoms. The average molecular weight is 328 g/mol. The second kappa shape index (κ2) is 15.0. The molecule has 3 heteroatoms. The molecule has 0 bridgehead atoms. The summed E-state index contributed by atoms with van der Waals surface area (Å²) >= 11 is 0. The SMILES string of the molecule is CCCCCCCCCCC(CCCCCCC)(NC)C(=O)O. The third-order valence-corrected chi connectivity index (χ3v) is 5.05. The van der Waals surface area contributed by atoms with E-state index in [0.717, 1.165) is 32.1 Å². The molecule has 0 aromatic carbocycles. The first kappa shape index (κ1) is 22.4. The van der Waals surface area contributed by atoms with Crippen LogP contribution in [0, 0.1) is 0 Å². The fourth-order valence-corrected chi connectivity index (χ4v) is 3.29. The van der Waals surface area contributed by atoms with Crippen molar-refractivity contribution in [3.05, 3.63) is 0 Å². The summed E-state index contributed by atoms with van der Waals surface area (Å²) in [7, 11) is 1.81. The number of likely N-dealkylation sites (N-methyl/N-ethyl adjacent to an activating group) is 1. The summed E-state index contributed by atoms with van der Waals surface area (Å²) in [4.78, 5) is 11.7. The molecule has 0 aromatic heterocycles. The molecule has 0 heterocycles. The van der Waals surface area contributed by atoms with E-state index >= 15 is 0 Å². The highest BCUT2D eigenvalue weighted by molar-refractivity contribution is 5.78. The van der Waals surface area contributed by atoms with Crippen LogP contribution in [0.5, 0.6) is 0 Å². The lowest BCUT2D eigenvalue weighted by molar-refractivity contribution is -0.145. The average Bonchev–Trinajstić information content (AvgIpc) is 2.55. The first-order valence-corrected chi connectivity index (χ1v) is 10.0. The second-order valence-electron chi connectivity index (χ2n) is 7.03. The van der Waals surface area contributed by atoms with Crippen LogP contribution < -0.4 is 5.32 Å². The second-order valence-corrected chi connectivity index (χ2v) is 7.03. The van der Waals surface area contributed by atoms with Gasteiger partial charge in [0.15, 0.2) is 0 Å².